The Kier molecular flexibility index (Phi) is 1.16. The normalized spacial score (nSPS) is 16.1. The van der Waals surface area contributed by atoms with Gasteiger partial charge in [0.1, 0.15) is 6.61 Å². The molecule has 0 radical (unpaired) electrons. The van der Waals surface area contributed by atoms with Crippen LogP contribution < -0.4 is 9.42 Å². The molecule has 54 valence electrons. The zero-order chi connectivity index (χ0) is 6.97. The van der Waals surface area contributed by atoms with Crippen LogP contribution in [0.15, 0.2) is 6.20 Å². The van der Waals surface area contributed by atoms with E-state index >= 15 is 0 Å². The highest BCUT2D eigenvalue weighted by atomic mass is 16.5. The Balaban J connectivity index is 2.45. The molecule has 3 nitrogen and oxygen atoms in total. The van der Waals surface area contributed by atoms with Crippen molar-refractivity contribution < 1.29 is 9.42 Å². The van der Waals surface area contributed by atoms with E-state index in [1.54, 1.807) is 0 Å². The molecule has 10 heavy (non-hydrogen) atoms. The predicted molar refractivity (Wildman–Crippen MR) is 35.8 cm³/mol. The zero-order valence-electron chi connectivity index (χ0n) is 6.05. The zero-order valence-corrected chi connectivity index (χ0v) is 6.05. The molecule has 0 aromatic carbocycles. The van der Waals surface area contributed by atoms with Gasteiger partial charge < -0.3 is 4.74 Å². The lowest BCUT2D eigenvalue weighted by Gasteiger charge is -2.06. The summed E-state index contributed by atoms with van der Waals surface area (Å²) in [6.07, 6.45) is 3.08. The third-order valence-corrected chi connectivity index (χ3v) is 1.78. The van der Waals surface area contributed by atoms with Crippen molar-refractivity contribution >= 4 is 0 Å². The minimum atomic E-state index is 0.860. The van der Waals surface area contributed by atoms with Crippen LogP contribution in [0.5, 0.6) is 5.88 Å². The molecule has 0 unspecified atom stereocenters. The van der Waals surface area contributed by atoms with Crippen LogP contribution in [0.2, 0.25) is 0 Å². The maximum absolute atomic E-state index is 5.43. The Hall–Kier alpha value is -0.990. The molecule has 1 aromatic rings. The lowest BCUT2D eigenvalue weighted by atomic mass is 10.3. The fraction of sp³-hybridized carbons (Fsp3) is 0.571. The van der Waals surface area contributed by atoms with Crippen LogP contribution in [-0.4, -0.2) is 11.7 Å². The van der Waals surface area contributed by atoms with Crippen LogP contribution in [-0.2, 0) is 6.54 Å². The first kappa shape index (κ1) is 5.77. The maximum Gasteiger partial charge on any atom is 0.396 e. The van der Waals surface area contributed by atoms with Crippen LogP contribution in [0.3, 0.4) is 0 Å². The van der Waals surface area contributed by atoms with Gasteiger partial charge in [-0.05, 0) is 6.92 Å². The number of rotatable bonds is 0. The van der Waals surface area contributed by atoms with Gasteiger partial charge in [0, 0.05) is 6.42 Å². The lowest BCUT2D eigenvalue weighted by Crippen LogP contribution is -2.41. The highest BCUT2D eigenvalue weighted by Gasteiger charge is 2.21. The molecule has 0 saturated carbocycles. The summed E-state index contributed by atoms with van der Waals surface area (Å²) in [5.74, 6) is 1.01. The van der Waals surface area contributed by atoms with E-state index in [0.717, 1.165) is 25.5 Å². The minimum absolute atomic E-state index is 0.860. The number of hydrogen-bond acceptors (Lipinski definition) is 1. The second kappa shape index (κ2) is 2.01. The largest absolute Gasteiger partial charge is 0.442 e. The maximum atomic E-state index is 5.43. The molecule has 3 heteroatoms. The molecule has 1 aliphatic rings. The number of aryl methyl sites for hydroxylation is 2. The summed E-state index contributed by atoms with van der Waals surface area (Å²) in [6, 6.07) is 0. The second-order valence-electron chi connectivity index (χ2n) is 2.62. The first-order chi connectivity index (χ1) is 4.88. The summed E-state index contributed by atoms with van der Waals surface area (Å²) in [5.41, 5.74) is 1.19. The SMILES string of the molecule is Cc1c[nH][n+]2c1OCCC2. The molecule has 0 bridgehead atoms. The molecule has 0 atom stereocenters. The number of nitrogens with one attached hydrogen (secondary N) is 1. The van der Waals surface area contributed by atoms with Crippen molar-refractivity contribution in [2.75, 3.05) is 6.61 Å². The van der Waals surface area contributed by atoms with Gasteiger partial charge in [0.15, 0.2) is 6.54 Å². The van der Waals surface area contributed by atoms with Gasteiger partial charge >= 0.3 is 5.88 Å². The Labute approximate surface area is 59.6 Å². The summed E-state index contributed by atoms with van der Waals surface area (Å²) in [7, 11) is 0. The molecular formula is C7H11N2O+. The fourth-order valence-electron chi connectivity index (χ4n) is 1.26. The summed E-state index contributed by atoms with van der Waals surface area (Å²) < 4.78 is 7.47. The van der Waals surface area contributed by atoms with Crippen molar-refractivity contribution in [1.29, 1.82) is 0 Å². The van der Waals surface area contributed by atoms with Gasteiger partial charge in [0.25, 0.3) is 0 Å². The van der Waals surface area contributed by atoms with Crippen LogP contribution >= 0.6 is 0 Å². The van der Waals surface area contributed by atoms with Crippen molar-refractivity contribution in [3.63, 3.8) is 0 Å². The second-order valence-corrected chi connectivity index (χ2v) is 2.62. The monoisotopic (exact) mass is 139 g/mol. The molecule has 1 N–H and O–H groups in total. The third kappa shape index (κ3) is 0.701. The van der Waals surface area contributed by atoms with Gasteiger partial charge in [-0.1, -0.05) is 4.68 Å². The molecule has 0 fully saturated rings. The molecule has 1 aliphatic heterocycles. The molecule has 0 aliphatic carbocycles. The van der Waals surface area contributed by atoms with E-state index < -0.39 is 0 Å². The standard InChI is InChI=1S/C7H10N2O/c1-6-5-8-9-3-2-4-10-7(6)9/h5H,2-4H2,1H3/p+1. The Morgan fingerprint density at radius 1 is 1.70 bits per heavy atom. The highest BCUT2D eigenvalue weighted by molar-refractivity contribution is 5.15. The molecule has 2 heterocycles. The summed E-state index contributed by atoms with van der Waals surface area (Å²) in [6.45, 7) is 3.97. The van der Waals surface area contributed by atoms with Crippen LogP contribution in [0.25, 0.3) is 0 Å². The molecule has 0 amide bonds. The molecule has 1 aromatic heterocycles. The van der Waals surface area contributed by atoms with Gasteiger partial charge in [-0.15, -0.1) is 0 Å². The van der Waals surface area contributed by atoms with Crippen LogP contribution in [0.1, 0.15) is 12.0 Å². The quantitative estimate of drug-likeness (QED) is 0.518. The Morgan fingerprint density at radius 2 is 2.60 bits per heavy atom. The van der Waals surface area contributed by atoms with E-state index in [2.05, 4.69) is 5.10 Å². The van der Waals surface area contributed by atoms with E-state index in [1.165, 1.54) is 5.56 Å². The summed E-state index contributed by atoms with van der Waals surface area (Å²) in [4.78, 5) is 0. The smallest absolute Gasteiger partial charge is 0.396 e. The van der Waals surface area contributed by atoms with Crippen LogP contribution in [0, 0.1) is 6.92 Å². The number of H-pyrrole nitrogens is 1. The van der Waals surface area contributed by atoms with Gasteiger partial charge in [-0.25, -0.2) is 0 Å². The van der Waals surface area contributed by atoms with Crippen molar-refractivity contribution in [3.8, 4) is 5.88 Å². The number of aromatic amines is 1. The lowest BCUT2D eigenvalue weighted by molar-refractivity contribution is -0.760. The topological polar surface area (TPSA) is 28.9 Å². The first-order valence-corrected chi connectivity index (χ1v) is 3.58. The van der Waals surface area contributed by atoms with Gasteiger partial charge in [0.05, 0.1) is 11.8 Å². The molecular weight excluding hydrogens is 128 g/mol. The number of hydrogen-bond donors (Lipinski definition) is 1. The Morgan fingerprint density at radius 3 is 3.40 bits per heavy atom. The Bertz CT molecular complexity index is 242. The van der Waals surface area contributed by atoms with Crippen molar-refractivity contribution in [3.05, 3.63) is 11.8 Å². The summed E-state index contributed by atoms with van der Waals surface area (Å²) in [5, 5.41) is 3.12. The molecule has 0 spiro atoms. The third-order valence-electron chi connectivity index (χ3n) is 1.78. The van der Waals surface area contributed by atoms with E-state index in [9.17, 15) is 0 Å². The average molecular weight is 139 g/mol. The average Bonchev–Trinajstić information content (AvgIpc) is 2.34. The predicted octanol–water partition coefficient (Wildman–Crippen LogP) is 0.393. The minimum Gasteiger partial charge on any atom is -0.442 e. The van der Waals surface area contributed by atoms with Gasteiger partial charge in [-0.2, -0.15) is 5.10 Å². The van der Waals surface area contributed by atoms with E-state index in [1.807, 2.05) is 17.8 Å². The van der Waals surface area contributed by atoms with Crippen molar-refractivity contribution in [1.82, 2.24) is 5.10 Å². The molecule has 0 saturated heterocycles. The fourth-order valence-corrected chi connectivity index (χ4v) is 1.26. The number of nitrogens with zero attached hydrogens (tertiary/aromatic N) is 1. The van der Waals surface area contributed by atoms with E-state index in [0.29, 0.717) is 0 Å². The van der Waals surface area contributed by atoms with Gasteiger partial charge in [-0.3, -0.25) is 0 Å². The number of aromatic nitrogens is 2. The van der Waals surface area contributed by atoms with Crippen LogP contribution in [0.4, 0.5) is 0 Å². The van der Waals surface area contributed by atoms with E-state index in [-0.39, 0.29) is 0 Å². The van der Waals surface area contributed by atoms with Crippen molar-refractivity contribution in [2.24, 2.45) is 0 Å². The number of fused-ring (bicyclic) bond motifs is 1. The van der Waals surface area contributed by atoms with E-state index in [4.69, 9.17) is 4.74 Å². The number of ether oxygens (including phenoxy) is 1. The summed E-state index contributed by atoms with van der Waals surface area (Å²) >= 11 is 0. The first-order valence-electron chi connectivity index (χ1n) is 3.58. The van der Waals surface area contributed by atoms with Gasteiger partial charge in [0.2, 0.25) is 0 Å². The molecule has 2 rings (SSSR count). The van der Waals surface area contributed by atoms with Crippen molar-refractivity contribution in [2.45, 2.75) is 19.9 Å². The highest BCUT2D eigenvalue weighted by Crippen LogP contribution is 2.13.